The van der Waals surface area contributed by atoms with E-state index in [0.29, 0.717) is 17.6 Å². The van der Waals surface area contributed by atoms with Gasteiger partial charge in [-0.05, 0) is 19.1 Å². The van der Waals surface area contributed by atoms with Gasteiger partial charge in [-0.3, -0.25) is 18.8 Å². The number of carbonyl (C=O) groups is 1. The minimum Gasteiger partial charge on any atom is -0.354 e. The highest BCUT2D eigenvalue weighted by Crippen LogP contribution is 2.17. The van der Waals surface area contributed by atoms with Crippen molar-refractivity contribution in [2.75, 3.05) is 12.3 Å². The Morgan fingerprint density at radius 3 is 2.80 bits per heavy atom. The third-order valence-corrected chi connectivity index (χ3v) is 4.76. The molecule has 130 valence electrons. The number of carbonyl (C=O) groups excluding carboxylic acids is 1. The fraction of sp³-hybridized carbons (Fsp3) is 0.294. The van der Waals surface area contributed by atoms with Gasteiger partial charge < -0.3 is 5.32 Å². The van der Waals surface area contributed by atoms with E-state index in [9.17, 15) is 9.59 Å². The molecule has 0 saturated carbocycles. The molecule has 0 unspecified atom stereocenters. The highest BCUT2D eigenvalue weighted by molar-refractivity contribution is 7.99. The van der Waals surface area contributed by atoms with E-state index < -0.39 is 0 Å². The molecule has 0 saturated heterocycles. The molecular weight excluding hydrogens is 338 g/mol. The zero-order chi connectivity index (χ0) is 17.8. The maximum atomic E-state index is 12.3. The van der Waals surface area contributed by atoms with E-state index >= 15 is 0 Å². The van der Waals surface area contributed by atoms with Crippen LogP contribution in [0, 0.1) is 6.92 Å². The molecule has 0 fully saturated rings. The molecule has 0 spiro atoms. The summed E-state index contributed by atoms with van der Waals surface area (Å²) < 4.78 is 2.83. The van der Waals surface area contributed by atoms with Crippen LogP contribution in [0.3, 0.4) is 0 Å². The quantitative estimate of drug-likeness (QED) is 0.532. The summed E-state index contributed by atoms with van der Waals surface area (Å²) in [5.41, 5.74) is 1.47. The van der Waals surface area contributed by atoms with E-state index in [1.165, 1.54) is 32.2 Å². The third kappa shape index (κ3) is 4.08. The number of hydrogen-bond acceptors (Lipinski definition) is 5. The minimum absolute atomic E-state index is 0.0497. The third-order valence-electron chi connectivity index (χ3n) is 3.75. The molecule has 1 aromatic carbocycles. The number of aryl methyl sites for hydroxylation is 2. The first-order valence-electron chi connectivity index (χ1n) is 7.88. The summed E-state index contributed by atoms with van der Waals surface area (Å²) in [6.07, 6.45) is 2.85. The van der Waals surface area contributed by atoms with Crippen LogP contribution in [0.5, 0.6) is 0 Å². The highest BCUT2D eigenvalue weighted by atomic mass is 32.2. The Labute approximate surface area is 149 Å². The predicted octanol–water partition coefficient (Wildman–Crippen LogP) is 1.35. The number of thioether (sulfide) groups is 1. The number of nitrogens with zero attached hydrogens (tertiary/aromatic N) is 4. The fourth-order valence-corrected chi connectivity index (χ4v) is 3.15. The normalized spacial score (nSPS) is 11.0. The number of benzene rings is 1. The number of hydrogen-bond donors (Lipinski definition) is 1. The highest BCUT2D eigenvalue weighted by Gasteiger charge is 2.10. The van der Waals surface area contributed by atoms with Gasteiger partial charge in [-0.1, -0.05) is 17.7 Å². The van der Waals surface area contributed by atoms with Crippen molar-refractivity contribution >= 4 is 28.7 Å². The van der Waals surface area contributed by atoms with Crippen LogP contribution in [0.15, 0.2) is 46.5 Å². The zero-order valence-corrected chi connectivity index (χ0v) is 14.9. The summed E-state index contributed by atoms with van der Waals surface area (Å²) in [6.45, 7) is 2.54. The molecule has 2 aromatic heterocycles. The lowest BCUT2D eigenvalue weighted by atomic mass is 10.2. The van der Waals surface area contributed by atoms with Crippen LogP contribution in [-0.4, -0.2) is 37.5 Å². The molecule has 25 heavy (non-hydrogen) atoms. The van der Waals surface area contributed by atoms with Crippen molar-refractivity contribution < 1.29 is 4.79 Å². The first-order chi connectivity index (χ1) is 12.0. The summed E-state index contributed by atoms with van der Waals surface area (Å²) in [6, 6.07) is 8.26. The second-order valence-electron chi connectivity index (χ2n) is 5.69. The molecule has 0 aliphatic rings. The lowest BCUT2D eigenvalue weighted by Gasteiger charge is -2.07. The molecule has 0 aliphatic heterocycles. The van der Waals surface area contributed by atoms with E-state index in [1.54, 1.807) is 18.8 Å². The van der Waals surface area contributed by atoms with Gasteiger partial charge in [-0.2, -0.15) is 5.10 Å². The van der Waals surface area contributed by atoms with Crippen LogP contribution in [0.25, 0.3) is 11.0 Å². The number of nitrogens with one attached hydrogen (secondary N) is 1. The maximum absolute atomic E-state index is 12.3. The number of rotatable bonds is 6. The van der Waals surface area contributed by atoms with E-state index in [0.717, 1.165) is 5.75 Å². The average Bonchev–Trinajstić information content (AvgIpc) is 2.98. The molecule has 0 bridgehead atoms. The Balaban J connectivity index is 1.52. The molecule has 0 aliphatic carbocycles. The minimum atomic E-state index is -0.262. The molecule has 2 heterocycles. The van der Waals surface area contributed by atoms with E-state index in [4.69, 9.17) is 0 Å². The van der Waals surface area contributed by atoms with E-state index in [1.807, 2.05) is 6.92 Å². The van der Waals surface area contributed by atoms with Gasteiger partial charge in [0.05, 0.1) is 6.20 Å². The fourth-order valence-electron chi connectivity index (χ4n) is 2.38. The summed E-state index contributed by atoms with van der Waals surface area (Å²) in [7, 11) is 1.72. The summed E-state index contributed by atoms with van der Waals surface area (Å²) in [5.74, 6) is 0.556. The van der Waals surface area contributed by atoms with Crippen molar-refractivity contribution in [2.45, 2.75) is 18.4 Å². The monoisotopic (exact) mass is 357 g/mol. The first-order valence-corrected chi connectivity index (χ1v) is 8.86. The zero-order valence-electron chi connectivity index (χ0n) is 14.1. The van der Waals surface area contributed by atoms with Crippen LogP contribution in [0.2, 0.25) is 0 Å². The van der Waals surface area contributed by atoms with Gasteiger partial charge in [-0.15, -0.1) is 11.8 Å². The molecule has 3 rings (SSSR count). The standard InChI is InChI=1S/C17H19N5O2S/c1-12-3-5-13(6-4-12)25-8-7-18-15(23)10-22-11-19-16-14(17(22)24)9-20-21(16)2/h3-6,9,11H,7-8,10H2,1-2H3,(H,18,23). The van der Waals surface area contributed by atoms with Gasteiger partial charge in [0.25, 0.3) is 5.56 Å². The second kappa shape index (κ2) is 7.52. The largest absolute Gasteiger partial charge is 0.354 e. The molecule has 8 heteroatoms. The smallest absolute Gasteiger partial charge is 0.264 e. The van der Waals surface area contributed by atoms with Crippen molar-refractivity contribution in [2.24, 2.45) is 7.05 Å². The molecular formula is C17H19N5O2S. The van der Waals surface area contributed by atoms with Crippen molar-refractivity contribution in [1.82, 2.24) is 24.6 Å². The van der Waals surface area contributed by atoms with Crippen LogP contribution < -0.4 is 10.9 Å². The second-order valence-corrected chi connectivity index (χ2v) is 6.86. The van der Waals surface area contributed by atoms with Crippen LogP contribution in [0.4, 0.5) is 0 Å². The Morgan fingerprint density at radius 2 is 2.04 bits per heavy atom. The Hall–Kier alpha value is -2.61. The van der Waals surface area contributed by atoms with Gasteiger partial charge in [0.15, 0.2) is 5.65 Å². The van der Waals surface area contributed by atoms with Gasteiger partial charge in [-0.25, -0.2) is 4.98 Å². The summed E-state index contributed by atoms with van der Waals surface area (Å²) in [5, 5.41) is 7.24. The lowest BCUT2D eigenvalue weighted by molar-refractivity contribution is -0.121. The predicted molar refractivity (Wildman–Crippen MR) is 97.7 cm³/mol. The Kier molecular flexibility index (Phi) is 5.18. The molecule has 7 nitrogen and oxygen atoms in total. The number of aromatic nitrogens is 4. The summed E-state index contributed by atoms with van der Waals surface area (Å²) in [4.78, 5) is 29.7. The molecule has 3 aromatic rings. The average molecular weight is 357 g/mol. The number of fused-ring (bicyclic) bond motifs is 1. The lowest BCUT2D eigenvalue weighted by Crippen LogP contribution is -2.33. The van der Waals surface area contributed by atoms with Crippen LogP contribution in [-0.2, 0) is 18.4 Å². The number of amides is 1. The SMILES string of the molecule is Cc1ccc(SCCNC(=O)Cn2cnc3c(cnn3C)c2=O)cc1. The topological polar surface area (TPSA) is 81.8 Å². The van der Waals surface area contributed by atoms with E-state index in [-0.39, 0.29) is 18.0 Å². The summed E-state index contributed by atoms with van der Waals surface area (Å²) >= 11 is 1.68. The maximum Gasteiger partial charge on any atom is 0.264 e. The first kappa shape index (κ1) is 17.2. The van der Waals surface area contributed by atoms with Crippen LogP contribution >= 0.6 is 11.8 Å². The van der Waals surface area contributed by atoms with Gasteiger partial charge in [0, 0.05) is 24.2 Å². The van der Waals surface area contributed by atoms with Crippen molar-refractivity contribution in [3.63, 3.8) is 0 Å². The molecule has 0 atom stereocenters. The molecule has 0 radical (unpaired) electrons. The van der Waals surface area contributed by atoms with Gasteiger partial charge in [0.1, 0.15) is 18.3 Å². The molecule has 1 N–H and O–H groups in total. The van der Waals surface area contributed by atoms with Gasteiger partial charge in [0.2, 0.25) is 5.91 Å². The molecule has 1 amide bonds. The van der Waals surface area contributed by atoms with Crippen LogP contribution in [0.1, 0.15) is 5.56 Å². The van der Waals surface area contributed by atoms with E-state index in [2.05, 4.69) is 39.7 Å². The van der Waals surface area contributed by atoms with Crippen molar-refractivity contribution in [3.05, 3.63) is 52.7 Å². The van der Waals surface area contributed by atoms with Crippen molar-refractivity contribution in [3.8, 4) is 0 Å². The van der Waals surface area contributed by atoms with Crippen molar-refractivity contribution in [1.29, 1.82) is 0 Å². The van der Waals surface area contributed by atoms with Gasteiger partial charge >= 0.3 is 0 Å². The Morgan fingerprint density at radius 1 is 1.28 bits per heavy atom. The Bertz CT molecular complexity index is 946.